The summed E-state index contributed by atoms with van der Waals surface area (Å²) in [5.74, 6) is -0.569. The lowest BCUT2D eigenvalue weighted by atomic mass is 10.1. The standard InChI is InChI=1S/C18H15FN4O2S/c1-9-4-11(15-13(5-9)21-10(7-20-15)8-24-2)17-22-14-6-12(19)16(25-3)23-18(14)26-17/h4-7H,8H2,1-3H3. The number of aryl methyl sites for hydroxylation is 1. The Hall–Kier alpha value is -2.71. The second kappa shape index (κ2) is 6.54. The number of ether oxygens (including phenoxy) is 2. The zero-order valence-electron chi connectivity index (χ0n) is 14.4. The van der Waals surface area contributed by atoms with Crippen molar-refractivity contribution in [1.29, 1.82) is 0 Å². The summed E-state index contributed by atoms with van der Waals surface area (Å²) in [6.45, 7) is 2.39. The van der Waals surface area contributed by atoms with Gasteiger partial charge in [0.1, 0.15) is 15.4 Å². The highest BCUT2D eigenvalue weighted by Gasteiger charge is 2.16. The monoisotopic (exact) mass is 370 g/mol. The number of nitrogens with zero attached hydrogens (tertiary/aromatic N) is 4. The van der Waals surface area contributed by atoms with Crippen molar-refractivity contribution < 1.29 is 13.9 Å². The zero-order valence-corrected chi connectivity index (χ0v) is 15.2. The first-order valence-corrected chi connectivity index (χ1v) is 8.67. The van der Waals surface area contributed by atoms with Gasteiger partial charge >= 0.3 is 0 Å². The van der Waals surface area contributed by atoms with E-state index in [0.717, 1.165) is 27.9 Å². The summed E-state index contributed by atoms with van der Waals surface area (Å²) >= 11 is 1.37. The van der Waals surface area contributed by atoms with Crippen LogP contribution in [0.5, 0.6) is 5.88 Å². The first-order chi connectivity index (χ1) is 12.6. The summed E-state index contributed by atoms with van der Waals surface area (Å²) < 4.78 is 24.0. The molecule has 6 nitrogen and oxygen atoms in total. The average Bonchev–Trinajstić information content (AvgIpc) is 3.02. The molecule has 1 aromatic carbocycles. The first-order valence-electron chi connectivity index (χ1n) is 7.85. The van der Waals surface area contributed by atoms with Gasteiger partial charge in [-0.15, -0.1) is 0 Å². The van der Waals surface area contributed by atoms with Gasteiger partial charge in [-0.05, 0) is 24.6 Å². The van der Waals surface area contributed by atoms with Gasteiger partial charge in [-0.3, -0.25) is 4.98 Å². The predicted octanol–water partition coefficient (Wildman–Crippen LogP) is 3.90. The average molecular weight is 370 g/mol. The van der Waals surface area contributed by atoms with Crippen molar-refractivity contribution in [3.63, 3.8) is 0 Å². The predicted molar refractivity (Wildman–Crippen MR) is 97.9 cm³/mol. The highest BCUT2D eigenvalue weighted by Crippen LogP contribution is 2.35. The minimum atomic E-state index is -0.532. The van der Waals surface area contributed by atoms with Crippen molar-refractivity contribution in [3.8, 4) is 16.5 Å². The maximum Gasteiger partial charge on any atom is 0.251 e. The molecule has 0 radical (unpaired) electrons. The van der Waals surface area contributed by atoms with E-state index < -0.39 is 5.82 Å². The van der Waals surface area contributed by atoms with E-state index in [1.165, 1.54) is 24.5 Å². The van der Waals surface area contributed by atoms with Crippen LogP contribution in [-0.4, -0.2) is 34.2 Å². The number of thiazole rings is 1. The van der Waals surface area contributed by atoms with E-state index in [0.29, 0.717) is 22.0 Å². The molecule has 8 heteroatoms. The molecule has 0 aliphatic rings. The summed E-state index contributed by atoms with van der Waals surface area (Å²) in [4.78, 5) is 18.5. The fourth-order valence-electron chi connectivity index (χ4n) is 2.77. The molecule has 0 atom stereocenters. The minimum Gasteiger partial charge on any atom is -0.479 e. The van der Waals surface area contributed by atoms with Crippen LogP contribution in [0.3, 0.4) is 0 Å². The number of rotatable bonds is 4. The number of hydrogen-bond acceptors (Lipinski definition) is 7. The molecule has 3 heterocycles. The Morgan fingerprint density at radius 3 is 2.69 bits per heavy atom. The third-order valence-electron chi connectivity index (χ3n) is 3.86. The highest BCUT2D eigenvalue weighted by molar-refractivity contribution is 7.21. The largest absolute Gasteiger partial charge is 0.479 e. The third kappa shape index (κ3) is 2.87. The molecule has 0 amide bonds. The number of hydrogen-bond donors (Lipinski definition) is 0. The van der Waals surface area contributed by atoms with Crippen molar-refractivity contribution in [2.24, 2.45) is 0 Å². The van der Waals surface area contributed by atoms with Crippen LogP contribution in [-0.2, 0) is 11.3 Å². The molecule has 0 N–H and O–H groups in total. The smallest absolute Gasteiger partial charge is 0.251 e. The molecule has 0 aliphatic heterocycles. The second-order valence-corrected chi connectivity index (χ2v) is 6.77. The summed E-state index contributed by atoms with van der Waals surface area (Å²) in [6, 6.07) is 5.30. The molecule has 4 aromatic rings. The van der Waals surface area contributed by atoms with Crippen LogP contribution in [0.15, 0.2) is 24.4 Å². The summed E-state index contributed by atoms with van der Waals surface area (Å²) in [5, 5.41) is 0.711. The Labute approximate surface area is 152 Å². The SMILES string of the molecule is COCc1cnc2c(-c3nc4cc(F)c(OC)nc4s3)cc(C)cc2n1. The lowest BCUT2D eigenvalue weighted by Gasteiger charge is -2.06. The second-order valence-electron chi connectivity index (χ2n) is 5.80. The van der Waals surface area contributed by atoms with Gasteiger partial charge in [-0.1, -0.05) is 11.3 Å². The van der Waals surface area contributed by atoms with Gasteiger partial charge < -0.3 is 9.47 Å². The van der Waals surface area contributed by atoms with Gasteiger partial charge in [0.25, 0.3) is 5.88 Å². The fourth-order valence-corrected chi connectivity index (χ4v) is 3.70. The van der Waals surface area contributed by atoms with Crippen LogP contribution in [0.25, 0.3) is 32.0 Å². The lowest BCUT2D eigenvalue weighted by Crippen LogP contribution is -1.96. The van der Waals surface area contributed by atoms with Crippen LogP contribution in [0.4, 0.5) is 4.39 Å². The van der Waals surface area contributed by atoms with Crippen LogP contribution >= 0.6 is 11.3 Å². The number of halogens is 1. The first kappa shape index (κ1) is 16.7. The fraction of sp³-hybridized carbons (Fsp3) is 0.222. The zero-order chi connectivity index (χ0) is 18.3. The normalized spacial score (nSPS) is 11.4. The van der Waals surface area contributed by atoms with Crippen molar-refractivity contribution in [2.45, 2.75) is 13.5 Å². The van der Waals surface area contributed by atoms with Crippen LogP contribution < -0.4 is 4.74 Å². The van der Waals surface area contributed by atoms with Gasteiger partial charge in [-0.2, -0.15) is 4.98 Å². The number of methoxy groups -OCH3 is 2. The summed E-state index contributed by atoms with van der Waals surface area (Å²) in [7, 11) is 3.01. The van der Waals surface area contributed by atoms with Crippen LogP contribution in [0.1, 0.15) is 11.3 Å². The molecule has 0 saturated heterocycles. The van der Waals surface area contributed by atoms with Gasteiger partial charge in [0.2, 0.25) is 0 Å². The van der Waals surface area contributed by atoms with E-state index in [4.69, 9.17) is 9.47 Å². The lowest BCUT2D eigenvalue weighted by molar-refractivity contribution is 0.181. The van der Waals surface area contributed by atoms with Crippen LogP contribution in [0.2, 0.25) is 0 Å². The van der Waals surface area contributed by atoms with E-state index in [-0.39, 0.29) is 5.88 Å². The Balaban J connectivity index is 1.91. The van der Waals surface area contributed by atoms with E-state index in [9.17, 15) is 4.39 Å². The Kier molecular flexibility index (Phi) is 4.21. The maximum absolute atomic E-state index is 13.9. The molecule has 26 heavy (non-hydrogen) atoms. The van der Waals surface area contributed by atoms with Gasteiger partial charge in [-0.25, -0.2) is 14.4 Å². The van der Waals surface area contributed by atoms with Crippen molar-refractivity contribution in [1.82, 2.24) is 19.9 Å². The highest BCUT2D eigenvalue weighted by atomic mass is 32.1. The minimum absolute atomic E-state index is 0.0363. The van der Waals surface area contributed by atoms with Crippen LogP contribution in [0, 0.1) is 12.7 Å². The van der Waals surface area contributed by atoms with Crippen molar-refractivity contribution in [3.05, 3.63) is 41.5 Å². The van der Waals surface area contributed by atoms with Crippen molar-refractivity contribution in [2.75, 3.05) is 14.2 Å². The number of aromatic nitrogens is 4. The van der Waals surface area contributed by atoms with Crippen molar-refractivity contribution >= 4 is 32.7 Å². The summed E-state index contributed by atoms with van der Waals surface area (Å²) in [6.07, 6.45) is 1.69. The van der Waals surface area contributed by atoms with E-state index in [1.807, 2.05) is 19.1 Å². The third-order valence-corrected chi connectivity index (χ3v) is 4.86. The Morgan fingerprint density at radius 1 is 1.08 bits per heavy atom. The molecular formula is C18H15FN4O2S. The molecule has 0 saturated carbocycles. The molecule has 3 aromatic heterocycles. The van der Waals surface area contributed by atoms with E-state index >= 15 is 0 Å². The molecule has 0 fully saturated rings. The van der Waals surface area contributed by atoms with E-state index in [1.54, 1.807) is 13.3 Å². The molecule has 0 spiro atoms. The molecule has 0 bridgehead atoms. The maximum atomic E-state index is 13.9. The molecule has 0 unspecified atom stereocenters. The topological polar surface area (TPSA) is 70.0 Å². The number of fused-ring (bicyclic) bond motifs is 2. The number of pyridine rings is 1. The molecular weight excluding hydrogens is 355 g/mol. The molecule has 4 rings (SSSR count). The van der Waals surface area contributed by atoms with Gasteiger partial charge in [0.05, 0.1) is 36.6 Å². The quantitative estimate of drug-likeness (QED) is 0.543. The van der Waals surface area contributed by atoms with Gasteiger partial charge in [0.15, 0.2) is 5.82 Å². The molecule has 132 valence electrons. The Morgan fingerprint density at radius 2 is 1.92 bits per heavy atom. The van der Waals surface area contributed by atoms with E-state index in [2.05, 4.69) is 19.9 Å². The molecule has 0 aliphatic carbocycles. The Bertz CT molecular complexity index is 1130. The summed E-state index contributed by atoms with van der Waals surface area (Å²) in [5.41, 5.74) is 4.63. The van der Waals surface area contributed by atoms with Gasteiger partial charge in [0, 0.05) is 18.7 Å². The number of benzene rings is 1.